The van der Waals surface area contributed by atoms with Gasteiger partial charge in [0.1, 0.15) is 54.5 Å². The van der Waals surface area contributed by atoms with E-state index in [9.17, 15) is 34.2 Å². The van der Waals surface area contributed by atoms with Crippen LogP contribution in [-0.4, -0.2) is 136 Å². The van der Waals surface area contributed by atoms with E-state index in [1.165, 1.54) is 33.0 Å². The Morgan fingerprint density at radius 3 is 1.78 bits per heavy atom. The minimum absolute atomic E-state index is 0.126. The highest BCUT2D eigenvalue weighted by atomic mass is 16.5. The van der Waals surface area contributed by atoms with Gasteiger partial charge in [-0.25, -0.2) is 0 Å². The number of nitrogens with zero attached hydrogens (tertiary/aromatic N) is 3. The first kappa shape index (κ1) is 60.2. The fourth-order valence-electron chi connectivity index (χ4n) is 9.35. The zero-order valence-electron chi connectivity index (χ0n) is 45.8. The summed E-state index contributed by atoms with van der Waals surface area (Å²) in [6.45, 7) is 23.1. The van der Waals surface area contributed by atoms with Crippen LogP contribution in [0, 0.1) is 23.7 Å². The van der Waals surface area contributed by atoms with Crippen LogP contribution in [0.2, 0.25) is 0 Å². The van der Waals surface area contributed by atoms with E-state index in [0.29, 0.717) is 16.5 Å². The third-order valence-electron chi connectivity index (χ3n) is 13.9. The van der Waals surface area contributed by atoms with E-state index < -0.39 is 119 Å². The van der Waals surface area contributed by atoms with E-state index in [1.54, 1.807) is 88.5 Å². The summed E-state index contributed by atoms with van der Waals surface area (Å²) < 4.78 is 7.76. The molecule has 1 aromatic heterocycles. The summed E-state index contributed by atoms with van der Waals surface area (Å²) in [5.74, 6) is -7.52. The summed E-state index contributed by atoms with van der Waals surface area (Å²) in [7, 11) is 4.15. The van der Waals surface area contributed by atoms with Crippen molar-refractivity contribution in [2.24, 2.45) is 23.7 Å². The van der Waals surface area contributed by atoms with Crippen molar-refractivity contribution in [3.05, 3.63) is 96.2 Å². The predicted molar refractivity (Wildman–Crippen MR) is 285 cm³/mol. The Balaban J connectivity index is 2.02. The molecule has 7 amide bonds. The molecule has 3 aromatic rings. The van der Waals surface area contributed by atoms with E-state index in [0.717, 1.165) is 10.5 Å². The van der Waals surface area contributed by atoms with Crippen molar-refractivity contribution in [2.75, 3.05) is 27.8 Å². The summed E-state index contributed by atoms with van der Waals surface area (Å²) in [6, 6.07) is 6.04. The lowest BCUT2D eigenvalue weighted by molar-refractivity contribution is -0.146. The molecule has 1 aliphatic heterocycles. The highest BCUT2D eigenvalue weighted by Crippen LogP contribution is 2.34. The summed E-state index contributed by atoms with van der Waals surface area (Å²) in [5.41, 5.74) is 1.59. The van der Waals surface area contributed by atoms with Crippen LogP contribution in [-0.2, 0) is 43.8 Å². The van der Waals surface area contributed by atoms with Gasteiger partial charge >= 0.3 is 0 Å². The lowest BCUT2D eigenvalue weighted by Gasteiger charge is -2.36. The zero-order valence-corrected chi connectivity index (χ0v) is 45.8. The first-order valence-corrected chi connectivity index (χ1v) is 25.5. The molecule has 11 atom stereocenters. The summed E-state index contributed by atoms with van der Waals surface area (Å²) >= 11 is 0. The van der Waals surface area contributed by atoms with Crippen LogP contribution in [0.25, 0.3) is 10.9 Å². The number of aliphatic hydroxyl groups is 2. The molecule has 1 fully saturated rings. The molecule has 1 saturated heterocycles. The minimum Gasteiger partial charge on any atom is -0.396 e. The second-order valence-corrected chi connectivity index (χ2v) is 21.4. The van der Waals surface area contributed by atoms with Crippen molar-refractivity contribution in [1.82, 2.24) is 41.0 Å². The Morgan fingerprint density at radius 1 is 0.716 bits per heavy atom. The standard InChI is InChI=1S/C56H82N8O10/c1-16-56(11,12)64-29-39(38-24-20-21-25-40(38)64)47(66)45-55(73)63(14)42(28-34(8)30-65)50(68)57-36(10)49(67)61-46(48(74-15)37-22-18-17-19-23-37)53(71)58-43(33(6)7)54(72)62(13)41(27-32(4)5)51(69)59-44(52(70)60-45)35(9)26-31(2)3/h16-26,29,32-36,41-48,65-66H,1,27-28,30H2,2-15H3,(H,57,68)(H,58,71)(H,59,69)(H,60,70)(H,61,67)/t34-,35-,36+,41+,42+,43+,44+,45+,46+,47-,48-/m1/s1. The van der Waals surface area contributed by atoms with Crippen molar-refractivity contribution in [1.29, 1.82) is 0 Å². The third-order valence-corrected chi connectivity index (χ3v) is 13.9. The van der Waals surface area contributed by atoms with Crippen molar-refractivity contribution >= 4 is 52.3 Å². The van der Waals surface area contributed by atoms with Gasteiger partial charge in [0.05, 0.1) is 5.54 Å². The van der Waals surface area contributed by atoms with Gasteiger partial charge < -0.3 is 55.9 Å². The van der Waals surface area contributed by atoms with Crippen LogP contribution >= 0.6 is 0 Å². The fourth-order valence-corrected chi connectivity index (χ4v) is 9.35. The number of carbonyl (C=O) groups is 7. The fraction of sp³-hybridized carbons (Fsp3) is 0.554. The number of amides is 7. The number of ether oxygens (including phenoxy) is 1. The molecule has 0 bridgehead atoms. The number of methoxy groups -OCH3 is 1. The molecule has 0 unspecified atom stereocenters. The van der Waals surface area contributed by atoms with E-state index >= 15 is 9.59 Å². The lowest BCUT2D eigenvalue weighted by Crippen LogP contribution is -2.62. The SMILES string of the molecule is C=CC(C)(C)n1cc([C@@H](O)[C@@H]2NC(=O)[C@H]([C@H](C)C=C(C)C)NC(=O)[C@H](CC(C)C)N(C)C(=O)[C@H](C(C)C)NC(=O)[C@H]([C@H](OC)c3ccccc3)NC(=O)[C@H](C)NC(=O)[C@H](C[C@@H](C)CO)N(C)C2=O)c2ccccc21. The average Bonchev–Trinajstić information content (AvgIpc) is 3.76. The second kappa shape index (κ2) is 26.2. The summed E-state index contributed by atoms with van der Waals surface area (Å²) in [6.07, 6.45) is 2.34. The van der Waals surface area contributed by atoms with Gasteiger partial charge in [-0.1, -0.05) is 108 Å². The van der Waals surface area contributed by atoms with E-state index in [1.807, 2.05) is 58.2 Å². The Kier molecular flexibility index (Phi) is 21.3. The molecule has 0 aliphatic carbocycles. The number of hydrogen-bond donors (Lipinski definition) is 7. The number of aliphatic hydroxyl groups excluding tert-OH is 2. The molecular formula is C56H82N8O10. The van der Waals surface area contributed by atoms with Crippen LogP contribution in [0.1, 0.15) is 112 Å². The predicted octanol–water partition coefficient (Wildman–Crippen LogP) is 4.42. The third kappa shape index (κ3) is 14.5. The average molecular weight is 1030 g/mol. The first-order chi connectivity index (χ1) is 34.7. The molecule has 0 spiro atoms. The van der Waals surface area contributed by atoms with Crippen LogP contribution in [0.15, 0.2) is 85.1 Å². The first-order valence-electron chi connectivity index (χ1n) is 25.5. The minimum atomic E-state index is -1.81. The van der Waals surface area contributed by atoms with Gasteiger partial charge in [-0.05, 0) is 76.8 Å². The van der Waals surface area contributed by atoms with Gasteiger partial charge in [0.25, 0.3) is 0 Å². The number of likely N-dealkylation sites (N-methyl/N-ethyl adjacent to an activating group) is 2. The van der Waals surface area contributed by atoms with Crippen molar-refractivity contribution in [3.63, 3.8) is 0 Å². The van der Waals surface area contributed by atoms with Crippen LogP contribution < -0.4 is 26.6 Å². The Hall–Kier alpha value is -6.37. The van der Waals surface area contributed by atoms with Crippen LogP contribution in [0.5, 0.6) is 0 Å². The highest BCUT2D eigenvalue weighted by molar-refractivity contribution is 5.99. The molecule has 2 aromatic carbocycles. The topological polar surface area (TPSA) is 241 Å². The molecule has 4 rings (SSSR count). The number of para-hydroxylation sites is 1. The highest BCUT2D eigenvalue weighted by Gasteiger charge is 2.43. The van der Waals surface area contributed by atoms with Gasteiger partial charge in [0, 0.05) is 56.4 Å². The number of allylic oxidation sites excluding steroid dienone is 2. The van der Waals surface area contributed by atoms with Crippen LogP contribution in [0.4, 0.5) is 0 Å². The summed E-state index contributed by atoms with van der Waals surface area (Å²) in [4.78, 5) is 106. The quantitative estimate of drug-likeness (QED) is 0.106. The van der Waals surface area contributed by atoms with Gasteiger partial charge in [0.2, 0.25) is 41.4 Å². The number of rotatable bonds is 15. The molecule has 74 heavy (non-hydrogen) atoms. The number of aromatic nitrogens is 1. The largest absolute Gasteiger partial charge is 0.396 e. The van der Waals surface area contributed by atoms with Crippen LogP contribution in [0.3, 0.4) is 0 Å². The van der Waals surface area contributed by atoms with Crippen molar-refractivity contribution in [3.8, 4) is 0 Å². The molecule has 2 heterocycles. The van der Waals surface area contributed by atoms with Gasteiger partial charge in [-0.2, -0.15) is 0 Å². The molecule has 0 radical (unpaired) electrons. The van der Waals surface area contributed by atoms with Gasteiger partial charge in [0.15, 0.2) is 0 Å². The maximum atomic E-state index is 15.4. The zero-order chi connectivity index (χ0) is 55.5. The Bertz CT molecular complexity index is 2500. The smallest absolute Gasteiger partial charge is 0.248 e. The van der Waals surface area contributed by atoms with E-state index in [4.69, 9.17) is 4.74 Å². The number of benzene rings is 2. The Labute approximate surface area is 437 Å². The van der Waals surface area contributed by atoms with Gasteiger partial charge in [-0.15, -0.1) is 6.58 Å². The van der Waals surface area contributed by atoms with Crippen molar-refractivity contribution in [2.45, 2.75) is 149 Å². The molecule has 1 aliphatic rings. The van der Waals surface area contributed by atoms with E-state index in [-0.39, 0.29) is 30.9 Å². The normalized spacial score (nSPS) is 24.2. The number of hydrogen-bond acceptors (Lipinski definition) is 10. The number of carbonyl (C=O) groups excluding carboxylic acids is 7. The molecule has 7 N–H and O–H groups in total. The number of fused-ring (bicyclic) bond motifs is 1. The lowest BCUT2D eigenvalue weighted by atomic mass is 9.94. The maximum Gasteiger partial charge on any atom is 0.248 e. The second-order valence-electron chi connectivity index (χ2n) is 21.4. The van der Waals surface area contributed by atoms with Crippen molar-refractivity contribution < 1.29 is 48.5 Å². The monoisotopic (exact) mass is 1030 g/mol. The molecule has 18 heteroatoms. The number of nitrogens with one attached hydrogen (secondary N) is 5. The van der Waals surface area contributed by atoms with E-state index in [2.05, 4.69) is 33.2 Å². The Morgan fingerprint density at radius 2 is 1.23 bits per heavy atom. The molecule has 18 nitrogen and oxygen atoms in total. The van der Waals surface area contributed by atoms with Gasteiger partial charge in [-0.3, -0.25) is 33.6 Å². The summed E-state index contributed by atoms with van der Waals surface area (Å²) in [5, 5.41) is 37.5. The molecule has 406 valence electrons. The maximum absolute atomic E-state index is 15.4. The molecular weight excluding hydrogens is 945 g/mol. The molecule has 0 saturated carbocycles.